The van der Waals surface area contributed by atoms with E-state index < -0.39 is 17.8 Å². The zero-order chi connectivity index (χ0) is 15.1. The number of aliphatic carboxylic acids is 1. The van der Waals surface area contributed by atoms with Crippen LogP contribution in [-0.2, 0) is 9.59 Å². The monoisotopic (exact) mass is 318 g/mol. The van der Waals surface area contributed by atoms with E-state index in [0.29, 0.717) is 12.2 Å². The molecular weight excluding hydrogens is 299 g/mol. The number of nitrogens with one attached hydrogen (secondary N) is 1. The summed E-state index contributed by atoms with van der Waals surface area (Å²) in [7, 11) is 0. The Morgan fingerprint density at radius 2 is 2.10 bits per heavy atom. The van der Waals surface area contributed by atoms with Crippen LogP contribution in [0.1, 0.15) is 20.3 Å². The lowest BCUT2D eigenvalue weighted by atomic mass is 10.2. The molecule has 0 saturated carbocycles. The third-order valence-corrected chi connectivity index (χ3v) is 2.87. The first-order valence-corrected chi connectivity index (χ1v) is 6.46. The Balaban J connectivity index is 0.00000400. The van der Waals surface area contributed by atoms with Crippen LogP contribution in [0.2, 0.25) is 0 Å². The van der Waals surface area contributed by atoms with Gasteiger partial charge in [0.05, 0.1) is 12.6 Å². The van der Waals surface area contributed by atoms with E-state index in [-0.39, 0.29) is 24.9 Å². The summed E-state index contributed by atoms with van der Waals surface area (Å²) in [5.74, 6) is -1.78. The maximum absolute atomic E-state index is 13.0. The van der Waals surface area contributed by atoms with E-state index in [1.807, 2.05) is 6.92 Å². The summed E-state index contributed by atoms with van der Waals surface area (Å²) in [5.41, 5.74) is 0.355. The van der Waals surface area contributed by atoms with E-state index in [0.717, 1.165) is 6.42 Å². The molecule has 1 unspecified atom stereocenters. The Kier molecular flexibility index (Phi) is 8.57. The molecule has 0 aliphatic carbocycles. The van der Waals surface area contributed by atoms with Crippen LogP contribution in [0.4, 0.5) is 10.1 Å². The molecule has 0 bridgehead atoms. The van der Waals surface area contributed by atoms with Gasteiger partial charge in [0.25, 0.3) is 0 Å². The van der Waals surface area contributed by atoms with E-state index >= 15 is 0 Å². The van der Waals surface area contributed by atoms with Crippen LogP contribution in [0.25, 0.3) is 0 Å². The van der Waals surface area contributed by atoms with Crippen molar-refractivity contribution < 1.29 is 19.1 Å². The summed E-state index contributed by atoms with van der Waals surface area (Å²) in [4.78, 5) is 24.4. The van der Waals surface area contributed by atoms with Gasteiger partial charge < -0.3 is 10.4 Å². The number of carboxylic acids is 1. The van der Waals surface area contributed by atoms with Gasteiger partial charge in [-0.15, -0.1) is 12.4 Å². The molecule has 1 amide bonds. The lowest BCUT2D eigenvalue weighted by molar-refractivity contribution is -0.139. The Bertz CT molecular complexity index is 485. The van der Waals surface area contributed by atoms with Gasteiger partial charge in [0, 0.05) is 5.69 Å². The first-order valence-electron chi connectivity index (χ1n) is 6.46. The van der Waals surface area contributed by atoms with E-state index in [1.54, 1.807) is 17.9 Å². The largest absolute Gasteiger partial charge is 0.480 e. The van der Waals surface area contributed by atoms with Gasteiger partial charge in [-0.1, -0.05) is 13.0 Å². The zero-order valence-electron chi connectivity index (χ0n) is 12.0. The van der Waals surface area contributed by atoms with Gasteiger partial charge in [-0.25, -0.2) is 4.39 Å². The number of hydrogen-bond donors (Lipinski definition) is 2. The SMILES string of the molecule is CCCN(CC(=O)O)C(C)C(=O)Nc1cccc(F)c1.Cl. The van der Waals surface area contributed by atoms with E-state index in [9.17, 15) is 14.0 Å². The fraction of sp³-hybridized carbons (Fsp3) is 0.429. The van der Waals surface area contributed by atoms with Crippen molar-refractivity contribution in [2.24, 2.45) is 0 Å². The third-order valence-electron chi connectivity index (χ3n) is 2.87. The summed E-state index contributed by atoms with van der Waals surface area (Å²) in [6.45, 7) is 3.84. The highest BCUT2D eigenvalue weighted by Gasteiger charge is 2.22. The van der Waals surface area contributed by atoms with Crippen LogP contribution in [0.5, 0.6) is 0 Å². The predicted molar refractivity (Wildman–Crippen MR) is 81.2 cm³/mol. The number of carbonyl (C=O) groups is 2. The summed E-state index contributed by atoms with van der Waals surface area (Å²) < 4.78 is 13.0. The molecule has 0 aliphatic rings. The molecular formula is C14H20ClFN2O3. The van der Waals surface area contributed by atoms with Crippen LogP contribution < -0.4 is 5.32 Å². The molecule has 7 heteroatoms. The van der Waals surface area contributed by atoms with Gasteiger partial charge in [0.1, 0.15) is 5.82 Å². The molecule has 0 spiro atoms. The molecule has 1 rings (SSSR count). The van der Waals surface area contributed by atoms with Gasteiger partial charge in [0.15, 0.2) is 0 Å². The second-order valence-electron chi connectivity index (χ2n) is 4.54. The Labute approximate surface area is 129 Å². The van der Waals surface area contributed by atoms with Crippen molar-refractivity contribution in [2.45, 2.75) is 26.3 Å². The van der Waals surface area contributed by atoms with Crippen LogP contribution in [0.3, 0.4) is 0 Å². The quantitative estimate of drug-likeness (QED) is 0.810. The van der Waals surface area contributed by atoms with Crippen molar-refractivity contribution in [3.8, 4) is 0 Å². The van der Waals surface area contributed by atoms with Gasteiger partial charge in [0.2, 0.25) is 5.91 Å². The molecule has 5 nitrogen and oxygen atoms in total. The van der Waals surface area contributed by atoms with Crippen LogP contribution >= 0.6 is 12.4 Å². The molecule has 0 fully saturated rings. The number of nitrogens with zero attached hydrogens (tertiary/aromatic N) is 1. The van der Waals surface area contributed by atoms with Crippen LogP contribution in [0, 0.1) is 5.82 Å². The number of hydrogen-bond acceptors (Lipinski definition) is 3. The number of halogens is 2. The molecule has 21 heavy (non-hydrogen) atoms. The number of benzene rings is 1. The highest BCUT2D eigenvalue weighted by molar-refractivity contribution is 5.94. The molecule has 1 aromatic carbocycles. The van der Waals surface area contributed by atoms with Gasteiger partial charge >= 0.3 is 5.97 Å². The first-order chi connectivity index (χ1) is 9.43. The second kappa shape index (κ2) is 9.31. The summed E-state index contributed by atoms with van der Waals surface area (Å²) in [6.07, 6.45) is 0.741. The zero-order valence-corrected chi connectivity index (χ0v) is 12.8. The number of rotatable bonds is 7. The molecule has 2 N–H and O–H groups in total. The number of carbonyl (C=O) groups excluding carboxylic acids is 1. The maximum Gasteiger partial charge on any atom is 0.317 e. The molecule has 1 atom stereocenters. The minimum Gasteiger partial charge on any atom is -0.480 e. The fourth-order valence-corrected chi connectivity index (χ4v) is 1.85. The molecule has 0 saturated heterocycles. The van der Waals surface area contributed by atoms with Crippen molar-refractivity contribution in [3.63, 3.8) is 0 Å². The van der Waals surface area contributed by atoms with Gasteiger partial charge in [-0.3, -0.25) is 14.5 Å². The second-order valence-corrected chi connectivity index (χ2v) is 4.54. The topological polar surface area (TPSA) is 69.6 Å². The van der Waals surface area contributed by atoms with Crippen LogP contribution in [0.15, 0.2) is 24.3 Å². The first kappa shape index (κ1) is 19.3. The molecule has 1 aromatic rings. The third kappa shape index (κ3) is 6.55. The van der Waals surface area contributed by atoms with Crippen molar-refractivity contribution in [1.82, 2.24) is 4.90 Å². The van der Waals surface area contributed by atoms with Crippen molar-refractivity contribution in [1.29, 1.82) is 0 Å². The standard InChI is InChI=1S/C14H19FN2O3.ClH/c1-3-7-17(9-13(18)19)10(2)14(20)16-12-6-4-5-11(15)8-12;/h4-6,8,10H,3,7,9H2,1-2H3,(H,16,20)(H,18,19);1H. The lowest BCUT2D eigenvalue weighted by Crippen LogP contribution is -2.44. The smallest absolute Gasteiger partial charge is 0.317 e. The fourth-order valence-electron chi connectivity index (χ4n) is 1.85. The summed E-state index contributed by atoms with van der Waals surface area (Å²) >= 11 is 0. The Hall–Kier alpha value is -1.66. The van der Waals surface area contributed by atoms with E-state index in [2.05, 4.69) is 5.32 Å². The maximum atomic E-state index is 13.0. The molecule has 0 aromatic heterocycles. The van der Waals surface area contributed by atoms with E-state index in [4.69, 9.17) is 5.11 Å². The predicted octanol–water partition coefficient (Wildman–Crippen LogP) is 2.37. The number of carboxylic acid groups (broad SMARTS) is 1. The number of anilines is 1. The van der Waals surface area contributed by atoms with Crippen molar-refractivity contribution in [2.75, 3.05) is 18.4 Å². The summed E-state index contributed by atoms with van der Waals surface area (Å²) in [5, 5.41) is 11.4. The van der Waals surface area contributed by atoms with Gasteiger partial charge in [-0.2, -0.15) is 0 Å². The molecule has 118 valence electrons. The van der Waals surface area contributed by atoms with E-state index in [1.165, 1.54) is 18.2 Å². The van der Waals surface area contributed by atoms with Crippen LogP contribution in [-0.4, -0.2) is 41.0 Å². The minimum absolute atomic E-state index is 0. The lowest BCUT2D eigenvalue weighted by Gasteiger charge is -2.26. The Morgan fingerprint density at radius 1 is 1.43 bits per heavy atom. The minimum atomic E-state index is -0.983. The molecule has 0 aliphatic heterocycles. The number of amides is 1. The highest BCUT2D eigenvalue weighted by atomic mass is 35.5. The average molecular weight is 319 g/mol. The van der Waals surface area contributed by atoms with Crippen molar-refractivity contribution >= 4 is 30.0 Å². The molecule has 0 radical (unpaired) electrons. The summed E-state index contributed by atoms with van der Waals surface area (Å²) in [6, 6.07) is 4.97. The van der Waals surface area contributed by atoms with Gasteiger partial charge in [-0.05, 0) is 38.1 Å². The highest BCUT2D eigenvalue weighted by Crippen LogP contribution is 2.11. The van der Waals surface area contributed by atoms with Crippen molar-refractivity contribution in [3.05, 3.63) is 30.1 Å². The average Bonchev–Trinajstić information content (AvgIpc) is 2.36. The Morgan fingerprint density at radius 3 is 2.62 bits per heavy atom. The normalized spacial score (nSPS) is 11.6. The molecule has 0 heterocycles.